The quantitative estimate of drug-likeness (QED) is 0.245. The van der Waals surface area contributed by atoms with Crippen LogP contribution in [0, 0.1) is 5.82 Å². The van der Waals surface area contributed by atoms with Crippen molar-refractivity contribution in [3.8, 4) is 10.4 Å². The van der Waals surface area contributed by atoms with E-state index in [2.05, 4.69) is 10.1 Å². The molecule has 2 aromatic heterocycles. The fourth-order valence-corrected chi connectivity index (χ4v) is 5.62. The molecule has 1 fully saturated rings. The topological polar surface area (TPSA) is 112 Å². The van der Waals surface area contributed by atoms with Gasteiger partial charge in [0, 0.05) is 35.3 Å². The van der Waals surface area contributed by atoms with Gasteiger partial charge in [0.25, 0.3) is 11.8 Å². The van der Waals surface area contributed by atoms with Crippen molar-refractivity contribution in [2.45, 2.75) is 18.9 Å². The van der Waals surface area contributed by atoms with E-state index in [-0.39, 0.29) is 30.7 Å². The van der Waals surface area contributed by atoms with Crippen LogP contribution in [0.5, 0.6) is 0 Å². The van der Waals surface area contributed by atoms with Crippen LogP contribution in [-0.2, 0) is 16.0 Å². The molecular weight excluding hydrogens is 497 g/mol. The van der Waals surface area contributed by atoms with Crippen molar-refractivity contribution in [2.75, 3.05) is 26.0 Å². The Morgan fingerprint density at radius 1 is 1.16 bits per heavy atom. The van der Waals surface area contributed by atoms with Crippen LogP contribution in [0.25, 0.3) is 20.7 Å². The van der Waals surface area contributed by atoms with E-state index in [1.807, 2.05) is 12.3 Å². The van der Waals surface area contributed by atoms with E-state index in [0.29, 0.717) is 28.8 Å². The molecule has 1 saturated heterocycles. The predicted octanol–water partition coefficient (Wildman–Crippen LogP) is 3.57. The number of hydrogen-bond donors (Lipinski definition) is 1. The SMILES string of the molecule is CN=Cc1cc(-c2cc3cn(CC4OCC(N5C(=O)c6ccccc6C5=O)CO4)nc3s2)cc(F)c1N. The molecule has 2 aromatic carbocycles. The summed E-state index contributed by atoms with van der Waals surface area (Å²) in [7, 11) is 1.61. The van der Waals surface area contributed by atoms with Gasteiger partial charge in [-0.25, -0.2) is 4.39 Å². The van der Waals surface area contributed by atoms with Gasteiger partial charge in [-0.1, -0.05) is 12.1 Å². The number of benzene rings is 2. The molecule has 11 heteroatoms. The van der Waals surface area contributed by atoms with E-state index < -0.39 is 18.1 Å². The van der Waals surface area contributed by atoms with Crippen LogP contribution in [0.1, 0.15) is 26.3 Å². The molecule has 0 spiro atoms. The summed E-state index contributed by atoms with van der Waals surface area (Å²) in [5.74, 6) is -1.14. The van der Waals surface area contributed by atoms with Gasteiger partial charge >= 0.3 is 0 Å². The number of thiophene rings is 1. The molecule has 4 heterocycles. The van der Waals surface area contributed by atoms with E-state index in [9.17, 15) is 14.0 Å². The second kappa shape index (κ2) is 9.18. The van der Waals surface area contributed by atoms with Crippen LogP contribution in [0.2, 0.25) is 0 Å². The first-order valence-corrected chi connectivity index (χ1v) is 12.4. The van der Waals surface area contributed by atoms with Gasteiger partial charge in [-0.3, -0.25) is 24.2 Å². The van der Waals surface area contributed by atoms with Gasteiger partial charge in [-0.2, -0.15) is 5.10 Å². The maximum absolute atomic E-state index is 14.3. The minimum absolute atomic E-state index is 0.0681. The minimum Gasteiger partial charge on any atom is -0.396 e. The molecule has 4 aromatic rings. The van der Waals surface area contributed by atoms with E-state index in [0.717, 1.165) is 15.1 Å². The highest BCUT2D eigenvalue weighted by atomic mass is 32.1. The molecule has 0 unspecified atom stereocenters. The first kappa shape index (κ1) is 23.5. The smallest absolute Gasteiger partial charge is 0.261 e. The standard InChI is InChI=1S/C26H22FN5O4S/c1-29-9-15-6-14(7-20(27)23(15)28)21-8-16-10-31(30-24(16)37-21)11-22-35-12-17(13-36-22)32-25(33)18-4-2-3-5-19(18)26(32)34/h2-10,17,22H,11-13,28H2,1H3. The molecule has 2 aliphatic rings. The van der Waals surface area contributed by atoms with Crippen molar-refractivity contribution in [3.63, 3.8) is 0 Å². The van der Waals surface area contributed by atoms with E-state index in [1.54, 1.807) is 42.1 Å². The molecular formula is C26H22FN5O4S. The number of aliphatic imine (C=N–C) groups is 1. The van der Waals surface area contributed by atoms with Gasteiger partial charge in [-0.05, 0) is 35.9 Å². The zero-order valence-corrected chi connectivity index (χ0v) is 20.6. The zero-order chi connectivity index (χ0) is 25.7. The Labute approximate surface area is 214 Å². The Hall–Kier alpha value is -3.93. The van der Waals surface area contributed by atoms with Gasteiger partial charge in [0.1, 0.15) is 10.6 Å². The number of imide groups is 1. The maximum Gasteiger partial charge on any atom is 0.261 e. The predicted molar refractivity (Wildman–Crippen MR) is 137 cm³/mol. The zero-order valence-electron chi connectivity index (χ0n) is 19.8. The molecule has 0 bridgehead atoms. The fraction of sp³-hybridized carbons (Fsp3) is 0.231. The lowest BCUT2D eigenvalue weighted by Gasteiger charge is -2.33. The van der Waals surface area contributed by atoms with Crippen LogP contribution in [0.3, 0.4) is 0 Å². The lowest BCUT2D eigenvalue weighted by molar-refractivity contribution is -0.203. The molecule has 2 amide bonds. The summed E-state index contributed by atoms with van der Waals surface area (Å²) in [5.41, 5.74) is 7.93. The first-order valence-electron chi connectivity index (χ1n) is 11.6. The van der Waals surface area contributed by atoms with Gasteiger partial charge in [0.15, 0.2) is 6.29 Å². The van der Waals surface area contributed by atoms with Gasteiger partial charge < -0.3 is 15.2 Å². The summed E-state index contributed by atoms with van der Waals surface area (Å²) >= 11 is 1.44. The Bertz CT molecular complexity index is 1500. The van der Waals surface area contributed by atoms with Crippen molar-refractivity contribution in [2.24, 2.45) is 4.99 Å². The van der Waals surface area contributed by atoms with Crippen molar-refractivity contribution in [1.82, 2.24) is 14.7 Å². The number of fused-ring (bicyclic) bond motifs is 2. The average molecular weight is 520 g/mol. The number of ether oxygens (including phenoxy) is 2. The monoisotopic (exact) mass is 519 g/mol. The summed E-state index contributed by atoms with van der Waals surface area (Å²) in [6, 6.07) is 11.5. The molecule has 2 N–H and O–H groups in total. The molecule has 6 rings (SSSR count). The number of amides is 2. The third-order valence-corrected chi connectivity index (χ3v) is 7.52. The summed E-state index contributed by atoms with van der Waals surface area (Å²) in [6.07, 6.45) is 2.84. The number of carbonyl (C=O) groups is 2. The van der Waals surface area contributed by atoms with Crippen LogP contribution < -0.4 is 5.73 Å². The third-order valence-electron chi connectivity index (χ3n) is 6.44. The van der Waals surface area contributed by atoms with Crippen LogP contribution in [-0.4, -0.2) is 65.3 Å². The number of carbonyl (C=O) groups excluding carboxylic acids is 2. The van der Waals surface area contributed by atoms with Crippen molar-refractivity contribution >= 4 is 45.3 Å². The number of anilines is 1. The number of hydrogen-bond acceptors (Lipinski definition) is 8. The number of nitrogen functional groups attached to an aromatic ring is 1. The van der Waals surface area contributed by atoms with Gasteiger partial charge in [0.2, 0.25) is 0 Å². The summed E-state index contributed by atoms with van der Waals surface area (Å²) in [5, 5.41) is 5.52. The molecule has 0 aliphatic carbocycles. The van der Waals surface area contributed by atoms with Gasteiger partial charge in [0.05, 0.1) is 42.6 Å². The lowest BCUT2D eigenvalue weighted by atomic mass is 10.1. The van der Waals surface area contributed by atoms with E-state index >= 15 is 0 Å². The molecule has 2 aliphatic heterocycles. The largest absolute Gasteiger partial charge is 0.396 e. The minimum atomic E-state index is -0.568. The molecule has 9 nitrogen and oxygen atoms in total. The summed E-state index contributed by atoms with van der Waals surface area (Å²) in [4.78, 5) is 32.2. The number of aromatic nitrogens is 2. The lowest BCUT2D eigenvalue weighted by Crippen LogP contribution is -2.50. The molecule has 0 atom stereocenters. The van der Waals surface area contributed by atoms with Crippen molar-refractivity contribution < 1.29 is 23.5 Å². The van der Waals surface area contributed by atoms with Gasteiger partial charge in [-0.15, -0.1) is 11.3 Å². The number of rotatable bonds is 5. The Balaban J connectivity index is 1.12. The normalized spacial score (nSPS) is 19.9. The Kier molecular flexibility index (Phi) is 5.82. The van der Waals surface area contributed by atoms with Crippen LogP contribution in [0.4, 0.5) is 10.1 Å². The number of halogens is 1. The van der Waals surface area contributed by atoms with Crippen LogP contribution in [0.15, 0.2) is 53.7 Å². The molecule has 37 heavy (non-hydrogen) atoms. The highest BCUT2D eigenvalue weighted by molar-refractivity contribution is 7.21. The highest BCUT2D eigenvalue weighted by Crippen LogP contribution is 2.35. The Morgan fingerprint density at radius 3 is 2.51 bits per heavy atom. The van der Waals surface area contributed by atoms with E-state index in [1.165, 1.54) is 28.5 Å². The Morgan fingerprint density at radius 2 is 1.86 bits per heavy atom. The van der Waals surface area contributed by atoms with Crippen molar-refractivity contribution in [1.29, 1.82) is 0 Å². The second-order valence-corrected chi connectivity index (χ2v) is 9.88. The second-order valence-electron chi connectivity index (χ2n) is 8.85. The molecule has 188 valence electrons. The maximum atomic E-state index is 14.3. The molecule has 0 radical (unpaired) electrons. The summed E-state index contributed by atoms with van der Waals surface area (Å²) in [6.45, 7) is 0.712. The number of nitrogens with two attached hydrogens (primary N) is 1. The number of nitrogens with zero attached hydrogens (tertiary/aromatic N) is 4. The van der Waals surface area contributed by atoms with Crippen molar-refractivity contribution in [3.05, 3.63) is 71.2 Å². The first-order chi connectivity index (χ1) is 17.9. The van der Waals surface area contributed by atoms with Crippen LogP contribution >= 0.6 is 11.3 Å². The third kappa shape index (κ3) is 4.10. The highest BCUT2D eigenvalue weighted by Gasteiger charge is 2.41. The fourth-order valence-electron chi connectivity index (χ4n) is 4.62. The van der Waals surface area contributed by atoms with E-state index in [4.69, 9.17) is 15.2 Å². The average Bonchev–Trinajstić information content (AvgIpc) is 3.53. The molecule has 0 saturated carbocycles. The summed E-state index contributed by atoms with van der Waals surface area (Å²) < 4.78 is 27.7.